The van der Waals surface area contributed by atoms with Crippen molar-refractivity contribution in [1.29, 1.82) is 0 Å². The fourth-order valence-corrected chi connectivity index (χ4v) is 1.85. The molecule has 96 valence electrons. The van der Waals surface area contributed by atoms with Crippen molar-refractivity contribution >= 4 is 0 Å². The summed E-state index contributed by atoms with van der Waals surface area (Å²) in [6, 6.07) is 6.28. The molecule has 0 aliphatic rings. The number of hydrogen-bond donors (Lipinski definition) is 1. The van der Waals surface area contributed by atoms with Crippen LogP contribution in [0.25, 0.3) is 0 Å². The van der Waals surface area contributed by atoms with Gasteiger partial charge in [-0.25, -0.2) is 0 Å². The lowest BCUT2D eigenvalue weighted by Gasteiger charge is -2.31. The Kier molecular flexibility index (Phi) is 4.21. The molecular weight excluding hydrogens is 210 g/mol. The van der Waals surface area contributed by atoms with E-state index in [2.05, 4.69) is 46.8 Å². The summed E-state index contributed by atoms with van der Waals surface area (Å²) in [4.78, 5) is 0. The van der Waals surface area contributed by atoms with Crippen LogP contribution in [0.1, 0.15) is 51.7 Å². The summed E-state index contributed by atoms with van der Waals surface area (Å²) in [6.07, 6.45) is 0. The monoisotopic (exact) mass is 235 g/mol. The van der Waals surface area contributed by atoms with Gasteiger partial charge in [-0.3, -0.25) is 0 Å². The minimum atomic E-state index is -0.296. The molecule has 0 amide bonds. The van der Waals surface area contributed by atoms with E-state index >= 15 is 0 Å². The molecule has 0 spiro atoms. The van der Waals surface area contributed by atoms with Crippen LogP contribution in [0.4, 0.5) is 0 Å². The Morgan fingerprint density at radius 3 is 2.18 bits per heavy atom. The molecule has 17 heavy (non-hydrogen) atoms. The lowest BCUT2D eigenvalue weighted by Crippen LogP contribution is -2.38. The van der Waals surface area contributed by atoms with Gasteiger partial charge in [-0.1, -0.05) is 39.8 Å². The number of nitrogens with two attached hydrogens (primary N) is 1. The van der Waals surface area contributed by atoms with E-state index < -0.39 is 0 Å². The van der Waals surface area contributed by atoms with Crippen molar-refractivity contribution in [3.63, 3.8) is 0 Å². The van der Waals surface area contributed by atoms with Gasteiger partial charge in [-0.05, 0) is 36.0 Å². The number of ether oxygens (including phenoxy) is 1. The summed E-state index contributed by atoms with van der Waals surface area (Å²) in [7, 11) is 1.71. The largest absolute Gasteiger partial charge is 0.496 e. The molecule has 0 radical (unpaired) electrons. The molecule has 0 aromatic heterocycles. The highest BCUT2D eigenvalue weighted by molar-refractivity contribution is 5.41. The van der Waals surface area contributed by atoms with E-state index in [1.165, 1.54) is 11.1 Å². The molecule has 0 saturated carbocycles. The van der Waals surface area contributed by atoms with Crippen LogP contribution in [-0.4, -0.2) is 7.11 Å². The van der Waals surface area contributed by atoms with E-state index in [1.807, 2.05) is 6.07 Å². The van der Waals surface area contributed by atoms with Crippen LogP contribution in [-0.2, 0) is 5.54 Å². The molecule has 2 N–H and O–H groups in total. The van der Waals surface area contributed by atoms with Crippen LogP contribution in [0.3, 0.4) is 0 Å². The van der Waals surface area contributed by atoms with Gasteiger partial charge in [0.1, 0.15) is 5.75 Å². The summed E-state index contributed by atoms with van der Waals surface area (Å²) in [6.45, 7) is 10.7. The van der Waals surface area contributed by atoms with Crippen LogP contribution >= 0.6 is 0 Å². The molecule has 2 heteroatoms. The highest BCUT2D eigenvalue weighted by Crippen LogP contribution is 2.33. The van der Waals surface area contributed by atoms with Crippen LogP contribution < -0.4 is 10.5 Å². The molecule has 1 atom stereocenters. The molecule has 0 aliphatic carbocycles. The first kappa shape index (κ1) is 14.0. The van der Waals surface area contributed by atoms with Crippen molar-refractivity contribution in [2.24, 2.45) is 11.7 Å². The van der Waals surface area contributed by atoms with Gasteiger partial charge in [0.2, 0.25) is 0 Å². The highest BCUT2D eigenvalue weighted by Gasteiger charge is 2.26. The average Bonchev–Trinajstić information content (AvgIpc) is 2.27. The van der Waals surface area contributed by atoms with Gasteiger partial charge >= 0.3 is 0 Å². The molecule has 0 fully saturated rings. The van der Waals surface area contributed by atoms with Crippen LogP contribution in [0.2, 0.25) is 0 Å². The van der Waals surface area contributed by atoms with Gasteiger partial charge in [0.15, 0.2) is 0 Å². The Morgan fingerprint density at radius 2 is 1.76 bits per heavy atom. The van der Waals surface area contributed by atoms with Crippen molar-refractivity contribution in [3.05, 3.63) is 29.3 Å². The van der Waals surface area contributed by atoms with Crippen molar-refractivity contribution in [1.82, 2.24) is 0 Å². The molecule has 0 heterocycles. The Hall–Kier alpha value is -1.02. The second-order valence-corrected chi connectivity index (χ2v) is 5.55. The summed E-state index contributed by atoms with van der Waals surface area (Å²) in [5, 5.41) is 0. The maximum Gasteiger partial charge on any atom is 0.122 e. The third-order valence-electron chi connectivity index (χ3n) is 3.67. The minimum absolute atomic E-state index is 0.296. The van der Waals surface area contributed by atoms with Gasteiger partial charge in [0.05, 0.1) is 7.11 Å². The van der Waals surface area contributed by atoms with Crippen molar-refractivity contribution in [2.75, 3.05) is 7.11 Å². The van der Waals surface area contributed by atoms with Gasteiger partial charge in [0, 0.05) is 5.54 Å². The number of methoxy groups -OCH3 is 1. The molecule has 1 rings (SSSR count). The summed E-state index contributed by atoms with van der Waals surface area (Å²) < 4.78 is 5.39. The molecule has 0 aliphatic heterocycles. The van der Waals surface area contributed by atoms with E-state index in [0.717, 1.165) is 5.75 Å². The van der Waals surface area contributed by atoms with E-state index in [0.29, 0.717) is 11.8 Å². The number of hydrogen-bond acceptors (Lipinski definition) is 2. The Labute approximate surface area is 105 Å². The average molecular weight is 235 g/mol. The van der Waals surface area contributed by atoms with Crippen molar-refractivity contribution in [3.8, 4) is 5.75 Å². The third kappa shape index (κ3) is 2.81. The first-order valence-electron chi connectivity index (χ1n) is 6.28. The molecular formula is C15H25NO. The van der Waals surface area contributed by atoms with Gasteiger partial charge in [-0.2, -0.15) is 0 Å². The zero-order valence-electron chi connectivity index (χ0n) is 11.9. The van der Waals surface area contributed by atoms with Crippen molar-refractivity contribution < 1.29 is 4.74 Å². The standard InChI is InChI=1S/C15H25NO/c1-10(2)13-9-12(7-8-14(13)17-6)15(5,16)11(3)4/h7-11H,16H2,1-6H3. The highest BCUT2D eigenvalue weighted by atomic mass is 16.5. The summed E-state index contributed by atoms with van der Waals surface area (Å²) in [5.74, 6) is 1.78. The topological polar surface area (TPSA) is 35.2 Å². The quantitative estimate of drug-likeness (QED) is 0.864. The van der Waals surface area contributed by atoms with Crippen LogP contribution in [0.15, 0.2) is 18.2 Å². The molecule has 1 unspecified atom stereocenters. The second kappa shape index (κ2) is 5.09. The van der Waals surface area contributed by atoms with E-state index in [4.69, 9.17) is 10.5 Å². The van der Waals surface area contributed by atoms with Crippen LogP contribution in [0.5, 0.6) is 5.75 Å². The lowest BCUT2D eigenvalue weighted by molar-refractivity contribution is 0.349. The summed E-state index contributed by atoms with van der Waals surface area (Å²) >= 11 is 0. The SMILES string of the molecule is COc1ccc(C(C)(N)C(C)C)cc1C(C)C. The Balaban J connectivity index is 3.26. The smallest absolute Gasteiger partial charge is 0.122 e. The molecule has 0 saturated heterocycles. The zero-order valence-corrected chi connectivity index (χ0v) is 11.9. The first-order chi connectivity index (χ1) is 7.80. The van der Waals surface area contributed by atoms with E-state index in [9.17, 15) is 0 Å². The number of rotatable bonds is 4. The van der Waals surface area contributed by atoms with E-state index in [-0.39, 0.29) is 5.54 Å². The molecule has 2 nitrogen and oxygen atoms in total. The lowest BCUT2D eigenvalue weighted by atomic mass is 9.81. The normalized spacial score (nSPS) is 15.1. The molecule has 1 aromatic rings. The Morgan fingerprint density at radius 1 is 1.18 bits per heavy atom. The summed E-state index contributed by atoms with van der Waals surface area (Å²) in [5.41, 5.74) is 8.51. The predicted octanol–water partition coefficient (Wildman–Crippen LogP) is 3.65. The van der Waals surface area contributed by atoms with Gasteiger partial charge in [-0.15, -0.1) is 0 Å². The zero-order chi connectivity index (χ0) is 13.2. The van der Waals surface area contributed by atoms with Crippen molar-refractivity contribution in [2.45, 2.75) is 46.1 Å². The maximum atomic E-state index is 6.40. The third-order valence-corrected chi connectivity index (χ3v) is 3.67. The maximum absolute atomic E-state index is 6.40. The first-order valence-corrected chi connectivity index (χ1v) is 6.28. The number of benzene rings is 1. The Bertz CT molecular complexity index is 381. The fourth-order valence-electron chi connectivity index (χ4n) is 1.85. The molecule has 0 bridgehead atoms. The fraction of sp³-hybridized carbons (Fsp3) is 0.600. The second-order valence-electron chi connectivity index (χ2n) is 5.55. The predicted molar refractivity (Wildman–Crippen MR) is 73.5 cm³/mol. The van der Waals surface area contributed by atoms with Crippen LogP contribution in [0, 0.1) is 5.92 Å². The van der Waals surface area contributed by atoms with Gasteiger partial charge in [0.25, 0.3) is 0 Å². The van der Waals surface area contributed by atoms with Gasteiger partial charge < -0.3 is 10.5 Å². The molecule has 1 aromatic carbocycles. The minimum Gasteiger partial charge on any atom is -0.496 e. The van der Waals surface area contributed by atoms with E-state index in [1.54, 1.807) is 7.11 Å².